The first kappa shape index (κ1) is 11.8. The molecule has 0 radical (unpaired) electrons. The van der Waals surface area contributed by atoms with Crippen LogP contribution in [-0.2, 0) is 19.4 Å². The van der Waals surface area contributed by atoms with Gasteiger partial charge in [-0.3, -0.25) is 0 Å². The van der Waals surface area contributed by atoms with E-state index in [0.29, 0.717) is 0 Å². The Bertz CT molecular complexity index is 563. The molecule has 92 valence electrons. The van der Waals surface area contributed by atoms with Crippen molar-refractivity contribution in [2.45, 2.75) is 19.4 Å². The number of nitrogens with one attached hydrogen (secondary N) is 1. The average Bonchev–Trinajstić information content (AvgIpc) is 2.41. The summed E-state index contributed by atoms with van der Waals surface area (Å²) in [4.78, 5) is 0. The van der Waals surface area contributed by atoms with Crippen LogP contribution in [-0.4, -0.2) is 6.54 Å². The summed E-state index contributed by atoms with van der Waals surface area (Å²) in [5, 5.41) is 4.27. The van der Waals surface area contributed by atoms with Crippen molar-refractivity contribution in [3.05, 3.63) is 69.7 Å². The standard InChI is InChI=1S/C16H16ClN/c17-16-4-2-1-3-14(16)9-12-5-6-13-7-8-18-11-15(13)10-12/h1-6,10,18H,7-9,11H2. The normalized spacial score (nSPS) is 14.3. The summed E-state index contributed by atoms with van der Waals surface area (Å²) in [5.41, 5.74) is 5.45. The van der Waals surface area contributed by atoms with E-state index in [-0.39, 0.29) is 0 Å². The maximum atomic E-state index is 6.21. The molecule has 1 aliphatic heterocycles. The van der Waals surface area contributed by atoms with Crippen LogP contribution in [0.1, 0.15) is 22.3 Å². The molecule has 0 amide bonds. The first-order valence-electron chi connectivity index (χ1n) is 6.38. The van der Waals surface area contributed by atoms with Crippen molar-refractivity contribution in [1.82, 2.24) is 5.32 Å². The van der Waals surface area contributed by atoms with Gasteiger partial charge in [0, 0.05) is 11.6 Å². The average molecular weight is 258 g/mol. The highest BCUT2D eigenvalue weighted by atomic mass is 35.5. The monoisotopic (exact) mass is 257 g/mol. The van der Waals surface area contributed by atoms with E-state index in [0.717, 1.165) is 31.0 Å². The second-order valence-electron chi connectivity index (χ2n) is 4.80. The van der Waals surface area contributed by atoms with Gasteiger partial charge in [-0.1, -0.05) is 48.0 Å². The quantitative estimate of drug-likeness (QED) is 0.867. The second kappa shape index (κ2) is 5.13. The fourth-order valence-electron chi connectivity index (χ4n) is 2.51. The molecule has 2 aromatic carbocycles. The molecule has 2 aromatic rings. The summed E-state index contributed by atoms with van der Waals surface area (Å²) in [6, 6.07) is 14.9. The molecule has 18 heavy (non-hydrogen) atoms. The lowest BCUT2D eigenvalue weighted by atomic mass is 9.96. The lowest BCUT2D eigenvalue weighted by Crippen LogP contribution is -2.23. The number of benzene rings is 2. The zero-order valence-electron chi connectivity index (χ0n) is 10.2. The van der Waals surface area contributed by atoms with Gasteiger partial charge in [0.15, 0.2) is 0 Å². The van der Waals surface area contributed by atoms with E-state index in [2.05, 4.69) is 29.6 Å². The molecule has 0 unspecified atom stereocenters. The highest BCUT2D eigenvalue weighted by Crippen LogP contribution is 2.21. The number of hydrogen-bond donors (Lipinski definition) is 1. The van der Waals surface area contributed by atoms with Gasteiger partial charge in [0.05, 0.1) is 0 Å². The summed E-state index contributed by atoms with van der Waals surface area (Å²) < 4.78 is 0. The third-order valence-corrected chi connectivity index (χ3v) is 3.88. The van der Waals surface area contributed by atoms with Crippen molar-refractivity contribution in [3.63, 3.8) is 0 Å². The van der Waals surface area contributed by atoms with Crippen molar-refractivity contribution in [2.24, 2.45) is 0 Å². The van der Waals surface area contributed by atoms with E-state index in [4.69, 9.17) is 11.6 Å². The third-order valence-electron chi connectivity index (χ3n) is 3.51. The molecule has 0 atom stereocenters. The van der Waals surface area contributed by atoms with E-state index < -0.39 is 0 Å². The molecule has 0 saturated carbocycles. The van der Waals surface area contributed by atoms with Crippen LogP contribution in [0, 0.1) is 0 Å². The molecule has 0 fully saturated rings. The largest absolute Gasteiger partial charge is 0.312 e. The molecule has 3 rings (SSSR count). The highest BCUT2D eigenvalue weighted by Gasteiger charge is 2.09. The molecule has 0 spiro atoms. The Hall–Kier alpha value is -1.31. The van der Waals surface area contributed by atoms with Gasteiger partial charge in [-0.2, -0.15) is 0 Å². The maximum absolute atomic E-state index is 6.21. The van der Waals surface area contributed by atoms with E-state index in [1.165, 1.54) is 22.3 Å². The fourth-order valence-corrected chi connectivity index (χ4v) is 2.71. The number of hydrogen-bond acceptors (Lipinski definition) is 1. The van der Waals surface area contributed by atoms with Crippen LogP contribution in [0.4, 0.5) is 0 Å². The van der Waals surface area contributed by atoms with Gasteiger partial charge in [0.1, 0.15) is 0 Å². The molecular weight excluding hydrogens is 242 g/mol. The maximum Gasteiger partial charge on any atom is 0.0441 e. The zero-order valence-corrected chi connectivity index (χ0v) is 11.0. The number of rotatable bonds is 2. The van der Waals surface area contributed by atoms with Crippen molar-refractivity contribution < 1.29 is 0 Å². The number of halogens is 1. The molecule has 0 saturated heterocycles. The van der Waals surface area contributed by atoms with Crippen LogP contribution in [0.5, 0.6) is 0 Å². The van der Waals surface area contributed by atoms with Gasteiger partial charge in [-0.25, -0.2) is 0 Å². The first-order chi connectivity index (χ1) is 8.83. The molecule has 1 aliphatic rings. The Labute approximate surface area is 113 Å². The molecule has 0 aromatic heterocycles. The summed E-state index contributed by atoms with van der Waals surface area (Å²) in [5.74, 6) is 0. The summed E-state index contributed by atoms with van der Waals surface area (Å²) in [6.07, 6.45) is 2.05. The van der Waals surface area contributed by atoms with Gasteiger partial charge in [-0.15, -0.1) is 0 Å². The Kier molecular flexibility index (Phi) is 3.35. The van der Waals surface area contributed by atoms with Gasteiger partial charge in [0.2, 0.25) is 0 Å². The third kappa shape index (κ3) is 2.43. The SMILES string of the molecule is Clc1ccccc1Cc1ccc2c(c1)CNCC2. The topological polar surface area (TPSA) is 12.0 Å². The first-order valence-corrected chi connectivity index (χ1v) is 6.75. The minimum Gasteiger partial charge on any atom is -0.312 e. The lowest BCUT2D eigenvalue weighted by Gasteiger charge is -2.18. The van der Waals surface area contributed by atoms with Crippen LogP contribution in [0.3, 0.4) is 0 Å². The summed E-state index contributed by atoms with van der Waals surface area (Å²) >= 11 is 6.21. The van der Waals surface area contributed by atoms with Crippen LogP contribution < -0.4 is 5.32 Å². The predicted molar refractivity (Wildman–Crippen MR) is 76.1 cm³/mol. The van der Waals surface area contributed by atoms with Crippen molar-refractivity contribution in [3.8, 4) is 0 Å². The van der Waals surface area contributed by atoms with E-state index in [9.17, 15) is 0 Å². The molecular formula is C16H16ClN. The van der Waals surface area contributed by atoms with Crippen LogP contribution >= 0.6 is 11.6 Å². The van der Waals surface area contributed by atoms with Gasteiger partial charge in [0.25, 0.3) is 0 Å². The Morgan fingerprint density at radius 1 is 1.06 bits per heavy atom. The van der Waals surface area contributed by atoms with E-state index in [1.807, 2.05) is 18.2 Å². The van der Waals surface area contributed by atoms with Crippen LogP contribution in [0.15, 0.2) is 42.5 Å². The van der Waals surface area contributed by atoms with Gasteiger partial charge in [-0.05, 0) is 47.7 Å². The molecule has 1 N–H and O–H groups in total. The Morgan fingerprint density at radius 3 is 2.83 bits per heavy atom. The predicted octanol–water partition coefficient (Wildman–Crippen LogP) is 3.58. The Balaban J connectivity index is 1.87. The Morgan fingerprint density at radius 2 is 1.94 bits per heavy atom. The fraction of sp³-hybridized carbons (Fsp3) is 0.250. The van der Waals surface area contributed by atoms with Gasteiger partial charge >= 0.3 is 0 Å². The molecule has 2 heteroatoms. The highest BCUT2D eigenvalue weighted by molar-refractivity contribution is 6.31. The van der Waals surface area contributed by atoms with Gasteiger partial charge < -0.3 is 5.32 Å². The molecule has 0 aliphatic carbocycles. The smallest absolute Gasteiger partial charge is 0.0441 e. The molecule has 1 heterocycles. The summed E-state index contributed by atoms with van der Waals surface area (Å²) in [6.45, 7) is 2.09. The summed E-state index contributed by atoms with van der Waals surface area (Å²) in [7, 11) is 0. The van der Waals surface area contributed by atoms with Crippen molar-refractivity contribution in [1.29, 1.82) is 0 Å². The lowest BCUT2D eigenvalue weighted by molar-refractivity contribution is 0.643. The van der Waals surface area contributed by atoms with E-state index in [1.54, 1.807) is 0 Å². The zero-order chi connectivity index (χ0) is 12.4. The van der Waals surface area contributed by atoms with Crippen LogP contribution in [0.25, 0.3) is 0 Å². The van der Waals surface area contributed by atoms with Crippen molar-refractivity contribution in [2.75, 3.05) is 6.54 Å². The van der Waals surface area contributed by atoms with Crippen molar-refractivity contribution >= 4 is 11.6 Å². The van der Waals surface area contributed by atoms with Crippen LogP contribution in [0.2, 0.25) is 5.02 Å². The second-order valence-corrected chi connectivity index (χ2v) is 5.21. The number of fused-ring (bicyclic) bond motifs is 1. The molecule has 1 nitrogen and oxygen atoms in total. The molecule has 0 bridgehead atoms. The van der Waals surface area contributed by atoms with E-state index >= 15 is 0 Å². The minimum atomic E-state index is 0.855. The minimum absolute atomic E-state index is 0.855.